The summed E-state index contributed by atoms with van der Waals surface area (Å²) >= 11 is 0. The summed E-state index contributed by atoms with van der Waals surface area (Å²) in [6.07, 6.45) is 1.41. The van der Waals surface area contributed by atoms with Crippen LogP contribution in [-0.2, 0) is 4.74 Å². The number of nitrogens with one attached hydrogen (secondary N) is 1. The molecule has 1 aliphatic carbocycles. The fraction of sp³-hybridized carbons (Fsp3) is 0.625. The lowest BCUT2D eigenvalue weighted by Crippen LogP contribution is -2.58. The lowest BCUT2D eigenvalue weighted by atomic mass is 9.64. The van der Waals surface area contributed by atoms with Gasteiger partial charge in [0.2, 0.25) is 0 Å². The molecule has 0 amide bonds. The normalized spacial score (nSPS) is 24.7. The van der Waals surface area contributed by atoms with Crippen LogP contribution in [0.25, 0.3) is 0 Å². The van der Waals surface area contributed by atoms with E-state index in [0.717, 1.165) is 24.5 Å². The maximum Gasteiger partial charge on any atom is 0.142 e. The maximum atomic E-state index is 5.77. The van der Waals surface area contributed by atoms with E-state index in [2.05, 4.69) is 51.2 Å². The first-order valence-corrected chi connectivity index (χ1v) is 7.01. The standard InChI is InChI=1S/C16H25NO2/c1-6-19-15-10-14(16(15,3)4)17-12-8-7-11(2)9-13(12)18-5/h7-9,14-15,17H,6,10H2,1-5H3. The second-order valence-electron chi connectivity index (χ2n) is 5.90. The van der Waals surface area contributed by atoms with Gasteiger partial charge in [-0.15, -0.1) is 0 Å². The van der Waals surface area contributed by atoms with Crippen molar-refractivity contribution in [2.75, 3.05) is 19.0 Å². The van der Waals surface area contributed by atoms with Crippen LogP contribution in [0.1, 0.15) is 32.8 Å². The highest BCUT2D eigenvalue weighted by Crippen LogP contribution is 2.45. The minimum atomic E-state index is 0.159. The molecule has 0 saturated heterocycles. The SMILES string of the molecule is CCOC1CC(Nc2ccc(C)cc2OC)C1(C)C. The summed E-state index contributed by atoms with van der Waals surface area (Å²) in [6, 6.07) is 6.70. The van der Waals surface area contributed by atoms with Crippen LogP contribution in [0.5, 0.6) is 5.75 Å². The van der Waals surface area contributed by atoms with Crippen LogP contribution >= 0.6 is 0 Å². The maximum absolute atomic E-state index is 5.77. The van der Waals surface area contributed by atoms with Crippen molar-refractivity contribution < 1.29 is 9.47 Å². The molecule has 106 valence electrons. The van der Waals surface area contributed by atoms with E-state index >= 15 is 0 Å². The van der Waals surface area contributed by atoms with Gasteiger partial charge in [-0.25, -0.2) is 0 Å². The molecule has 0 aromatic heterocycles. The summed E-state index contributed by atoms with van der Waals surface area (Å²) in [4.78, 5) is 0. The van der Waals surface area contributed by atoms with Crippen LogP contribution in [0.2, 0.25) is 0 Å². The summed E-state index contributed by atoms with van der Waals surface area (Å²) in [6.45, 7) is 9.43. The topological polar surface area (TPSA) is 30.5 Å². The van der Waals surface area contributed by atoms with Gasteiger partial charge in [0.1, 0.15) is 5.75 Å². The minimum absolute atomic E-state index is 0.159. The van der Waals surface area contributed by atoms with Crippen LogP contribution < -0.4 is 10.1 Å². The van der Waals surface area contributed by atoms with Gasteiger partial charge in [0, 0.05) is 18.1 Å². The predicted octanol–water partition coefficient (Wildman–Crippen LogP) is 3.62. The van der Waals surface area contributed by atoms with Gasteiger partial charge in [-0.05, 0) is 38.0 Å². The summed E-state index contributed by atoms with van der Waals surface area (Å²) in [5, 5.41) is 3.60. The molecular formula is C16H25NO2. The Labute approximate surface area is 116 Å². The van der Waals surface area contributed by atoms with Gasteiger partial charge in [0.25, 0.3) is 0 Å². The summed E-state index contributed by atoms with van der Waals surface area (Å²) in [5.41, 5.74) is 2.44. The number of anilines is 1. The van der Waals surface area contributed by atoms with Crippen molar-refractivity contribution in [1.82, 2.24) is 0 Å². The highest BCUT2D eigenvalue weighted by Gasteiger charge is 2.49. The second-order valence-corrected chi connectivity index (χ2v) is 5.90. The Kier molecular flexibility index (Phi) is 4.04. The molecule has 0 radical (unpaired) electrons. The molecule has 1 aliphatic rings. The molecular weight excluding hydrogens is 238 g/mol. The van der Waals surface area contributed by atoms with Crippen LogP contribution in [0.3, 0.4) is 0 Å². The number of hydrogen-bond acceptors (Lipinski definition) is 3. The van der Waals surface area contributed by atoms with Crippen LogP contribution in [0, 0.1) is 12.3 Å². The van der Waals surface area contributed by atoms with Crippen LogP contribution in [0.15, 0.2) is 18.2 Å². The Hall–Kier alpha value is -1.22. The molecule has 19 heavy (non-hydrogen) atoms. The van der Waals surface area contributed by atoms with E-state index in [1.807, 2.05) is 0 Å². The van der Waals surface area contributed by atoms with Crippen molar-refractivity contribution in [2.45, 2.75) is 46.3 Å². The van der Waals surface area contributed by atoms with Gasteiger partial charge < -0.3 is 14.8 Å². The van der Waals surface area contributed by atoms with Gasteiger partial charge in [-0.2, -0.15) is 0 Å². The number of rotatable bonds is 5. The van der Waals surface area contributed by atoms with E-state index in [9.17, 15) is 0 Å². The Balaban J connectivity index is 2.07. The number of ether oxygens (including phenoxy) is 2. The van der Waals surface area contributed by atoms with E-state index in [1.54, 1.807) is 7.11 Å². The Morgan fingerprint density at radius 3 is 2.68 bits per heavy atom. The molecule has 0 aliphatic heterocycles. The van der Waals surface area contributed by atoms with Crippen LogP contribution in [-0.4, -0.2) is 25.9 Å². The number of aryl methyl sites for hydroxylation is 1. The van der Waals surface area contributed by atoms with Crippen molar-refractivity contribution in [3.63, 3.8) is 0 Å². The number of hydrogen-bond donors (Lipinski definition) is 1. The van der Waals surface area contributed by atoms with E-state index < -0.39 is 0 Å². The average Bonchev–Trinajstić information content (AvgIpc) is 2.39. The summed E-state index contributed by atoms with van der Waals surface area (Å²) in [5.74, 6) is 0.913. The molecule has 2 atom stereocenters. The fourth-order valence-corrected chi connectivity index (χ4v) is 2.72. The molecule has 1 aromatic rings. The predicted molar refractivity (Wildman–Crippen MR) is 79.0 cm³/mol. The van der Waals surface area contributed by atoms with Gasteiger partial charge in [-0.3, -0.25) is 0 Å². The number of benzene rings is 1. The third kappa shape index (κ3) is 2.71. The average molecular weight is 263 g/mol. The van der Waals surface area contributed by atoms with Crippen molar-refractivity contribution in [1.29, 1.82) is 0 Å². The van der Waals surface area contributed by atoms with E-state index in [1.165, 1.54) is 5.56 Å². The summed E-state index contributed by atoms with van der Waals surface area (Å²) < 4.78 is 11.2. The largest absolute Gasteiger partial charge is 0.495 e. The molecule has 0 spiro atoms. The summed E-state index contributed by atoms with van der Waals surface area (Å²) in [7, 11) is 1.72. The quantitative estimate of drug-likeness (QED) is 0.880. The molecule has 3 nitrogen and oxygen atoms in total. The van der Waals surface area contributed by atoms with E-state index in [-0.39, 0.29) is 5.41 Å². The fourth-order valence-electron chi connectivity index (χ4n) is 2.72. The lowest BCUT2D eigenvalue weighted by molar-refractivity contribution is -0.0976. The molecule has 2 unspecified atom stereocenters. The van der Waals surface area contributed by atoms with Crippen molar-refractivity contribution in [3.05, 3.63) is 23.8 Å². The molecule has 1 aromatic carbocycles. The molecule has 3 heteroatoms. The first-order chi connectivity index (χ1) is 8.98. The zero-order valence-corrected chi connectivity index (χ0v) is 12.6. The Bertz CT molecular complexity index is 442. The van der Waals surface area contributed by atoms with Crippen molar-refractivity contribution in [2.24, 2.45) is 5.41 Å². The molecule has 1 saturated carbocycles. The van der Waals surface area contributed by atoms with Crippen LogP contribution in [0.4, 0.5) is 5.69 Å². The van der Waals surface area contributed by atoms with Crippen molar-refractivity contribution >= 4 is 5.69 Å². The monoisotopic (exact) mass is 263 g/mol. The van der Waals surface area contributed by atoms with Gasteiger partial charge >= 0.3 is 0 Å². The zero-order chi connectivity index (χ0) is 14.0. The highest BCUT2D eigenvalue weighted by atomic mass is 16.5. The molecule has 1 fully saturated rings. The van der Waals surface area contributed by atoms with Crippen molar-refractivity contribution in [3.8, 4) is 5.75 Å². The molecule has 0 heterocycles. The first kappa shape index (κ1) is 14.2. The van der Waals surface area contributed by atoms with Gasteiger partial charge in [0.15, 0.2) is 0 Å². The van der Waals surface area contributed by atoms with Gasteiger partial charge in [-0.1, -0.05) is 19.9 Å². The zero-order valence-electron chi connectivity index (χ0n) is 12.6. The Morgan fingerprint density at radius 1 is 1.37 bits per heavy atom. The molecule has 0 bridgehead atoms. The third-order valence-corrected chi connectivity index (χ3v) is 4.23. The molecule has 2 rings (SSSR count). The van der Waals surface area contributed by atoms with Gasteiger partial charge in [0.05, 0.1) is 18.9 Å². The van der Waals surface area contributed by atoms with E-state index in [0.29, 0.717) is 12.1 Å². The third-order valence-electron chi connectivity index (χ3n) is 4.23. The lowest BCUT2D eigenvalue weighted by Gasteiger charge is -2.52. The number of methoxy groups -OCH3 is 1. The Morgan fingerprint density at radius 2 is 2.11 bits per heavy atom. The van der Waals surface area contributed by atoms with E-state index in [4.69, 9.17) is 9.47 Å². The smallest absolute Gasteiger partial charge is 0.142 e. The minimum Gasteiger partial charge on any atom is -0.495 e. The highest BCUT2D eigenvalue weighted by molar-refractivity contribution is 5.58. The molecule has 1 N–H and O–H groups in total. The first-order valence-electron chi connectivity index (χ1n) is 7.01. The second kappa shape index (κ2) is 5.41.